The zero-order valence-corrected chi connectivity index (χ0v) is 13.4. The molecule has 0 radical (unpaired) electrons. The van der Waals surface area contributed by atoms with Gasteiger partial charge >= 0.3 is 0 Å². The van der Waals surface area contributed by atoms with Crippen LogP contribution >= 0.6 is 11.3 Å². The topological polar surface area (TPSA) is 29.9 Å². The largest absolute Gasteiger partial charge is 0.301 e. The average Bonchev–Trinajstić information content (AvgIpc) is 3.10. The third-order valence-electron chi connectivity index (χ3n) is 3.54. The van der Waals surface area contributed by atoms with Crippen molar-refractivity contribution in [2.45, 2.75) is 19.5 Å². The molecule has 1 aromatic carbocycles. The number of thiophene rings is 1. The summed E-state index contributed by atoms with van der Waals surface area (Å²) in [6.07, 6.45) is 3.83. The fourth-order valence-electron chi connectivity index (χ4n) is 2.46. The summed E-state index contributed by atoms with van der Waals surface area (Å²) < 4.78 is 15.0. The van der Waals surface area contributed by atoms with Crippen molar-refractivity contribution in [1.82, 2.24) is 15.1 Å². The number of hydrogen-bond acceptors (Lipinski definition) is 3. The van der Waals surface area contributed by atoms with Gasteiger partial charge in [0.05, 0.1) is 12.2 Å². The van der Waals surface area contributed by atoms with Gasteiger partial charge in [-0.05, 0) is 36.8 Å². The van der Waals surface area contributed by atoms with E-state index < -0.39 is 0 Å². The van der Waals surface area contributed by atoms with Crippen LogP contribution in [0.5, 0.6) is 0 Å². The summed E-state index contributed by atoms with van der Waals surface area (Å²) in [5.74, 6) is -0.220. The molecule has 2 aromatic heterocycles. The van der Waals surface area contributed by atoms with Gasteiger partial charge in [0.2, 0.25) is 0 Å². The Kier molecular flexibility index (Phi) is 4.36. The minimum Gasteiger partial charge on any atom is -0.301 e. The van der Waals surface area contributed by atoms with E-state index in [-0.39, 0.29) is 11.9 Å². The van der Waals surface area contributed by atoms with Crippen LogP contribution in [0.3, 0.4) is 0 Å². The van der Waals surface area contributed by atoms with Crippen LogP contribution in [0.25, 0.3) is 0 Å². The number of benzene rings is 1. The first-order chi connectivity index (χ1) is 10.6. The fraction of sp³-hybridized carbons (Fsp3) is 0.235. The van der Waals surface area contributed by atoms with Gasteiger partial charge in [0, 0.05) is 35.1 Å². The first-order valence-electron chi connectivity index (χ1n) is 7.14. The lowest BCUT2D eigenvalue weighted by atomic mass is 10.0. The summed E-state index contributed by atoms with van der Waals surface area (Å²) in [6, 6.07) is 10.9. The van der Waals surface area contributed by atoms with Gasteiger partial charge in [-0.1, -0.05) is 12.1 Å². The minimum absolute atomic E-state index is 0.00305. The predicted octanol–water partition coefficient (Wildman–Crippen LogP) is 3.81. The SMILES string of the molecule is Cc1ccc(CN[C@@H](c2ccc(F)cc2)c2cnn(C)c2)s1. The Morgan fingerprint density at radius 2 is 1.95 bits per heavy atom. The highest BCUT2D eigenvalue weighted by Crippen LogP contribution is 2.23. The van der Waals surface area contributed by atoms with Crippen molar-refractivity contribution in [3.05, 3.63) is 75.5 Å². The van der Waals surface area contributed by atoms with E-state index in [0.29, 0.717) is 0 Å². The molecule has 0 saturated heterocycles. The van der Waals surface area contributed by atoms with Gasteiger partial charge in [-0.2, -0.15) is 5.10 Å². The molecule has 3 nitrogen and oxygen atoms in total. The number of aromatic nitrogens is 2. The van der Waals surface area contributed by atoms with E-state index >= 15 is 0 Å². The van der Waals surface area contributed by atoms with Crippen molar-refractivity contribution < 1.29 is 4.39 Å². The highest BCUT2D eigenvalue weighted by atomic mass is 32.1. The third-order valence-corrected chi connectivity index (χ3v) is 4.54. The number of halogens is 1. The summed E-state index contributed by atoms with van der Waals surface area (Å²) in [5.41, 5.74) is 2.10. The first kappa shape index (κ1) is 14.9. The van der Waals surface area contributed by atoms with Gasteiger partial charge in [-0.25, -0.2) is 4.39 Å². The van der Waals surface area contributed by atoms with Crippen LogP contribution in [0.1, 0.15) is 26.9 Å². The number of aryl methyl sites for hydroxylation is 2. The summed E-state index contributed by atoms with van der Waals surface area (Å²) >= 11 is 1.78. The molecule has 2 heterocycles. The van der Waals surface area contributed by atoms with Gasteiger partial charge < -0.3 is 5.32 Å². The molecule has 0 unspecified atom stereocenters. The molecule has 0 aliphatic heterocycles. The van der Waals surface area contributed by atoms with E-state index in [9.17, 15) is 4.39 Å². The maximum absolute atomic E-state index is 13.2. The van der Waals surface area contributed by atoms with E-state index in [1.165, 1.54) is 21.9 Å². The number of hydrogen-bond donors (Lipinski definition) is 1. The maximum Gasteiger partial charge on any atom is 0.123 e. The lowest BCUT2D eigenvalue weighted by Crippen LogP contribution is -2.21. The molecule has 3 aromatic rings. The van der Waals surface area contributed by atoms with Gasteiger partial charge in [-0.3, -0.25) is 4.68 Å². The molecule has 0 fully saturated rings. The smallest absolute Gasteiger partial charge is 0.123 e. The predicted molar refractivity (Wildman–Crippen MR) is 87.3 cm³/mol. The van der Waals surface area contributed by atoms with Crippen molar-refractivity contribution in [3.63, 3.8) is 0 Å². The first-order valence-corrected chi connectivity index (χ1v) is 7.96. The molecular formula is C17H18FN3S. The summed E-state index contributed by atoms with van der Waals surface area (Å²) in [5, 5.41) is 7.79. The fourth-order valence-corrected chi connectivity index (χ4v) is 3.30. The molecule has 1 N–H and O–H groups in total. The van der Waals surface area contributed by atoms with Gasteiger partial charge in [0.15, 0.2) is 0 Å². The van der Waals surface area contributed by atoms with Gasteiger partial charge in [0.25, 0.3) is 0 Å². The van der Waals surface area contributed by atoms with E-state index in [0.717, 1.165) is 17.7 Å². The van der Waals surface area contributed by atoms with Crippen molar-refractivity contribution in [3.8, 4) is 0 Å². The lowest BCUT2D eigenvalue weighted by Gasteiger charge is -2.17. The molecule has 0 amide bonds. The Labute approximate surface area is 133 Å². The monoisotopic (exact) mass is 315 g/mol. The lowest BCUT2D eigenvalue weighted by molar-refractivity contribution is 0.601. The molecule has 0 saturated carbocycles. The quantitative estimate of drug-likeness (QED) is 0.776. The Hall–Kier alpha value is -1.98. The normalized spacial score (nSPS) is 12.5. The minimum atomic E-state index is -0.220. The Bertz CT molecular complexity index is 745. The van der Waals surface area contributed by atoms with Crippen molar-refractivity contribution in [1.29, 1.82) is 0 Å². The second-order valence-corrected chi connectivity index (χ2v) is 6.70. The van der Waals surface area contributed by atoms with Crippen LogP contribution in [0.4, 0.5) is 4.39 Å². The van der Waals surface area contributed by atoms with Gasteiger partial charge in [-0.15, -0.1) is 11.3 Å². The van der Waals surface area contributed by atoms with Crippen LogP contribution in [0, 0.1) is 12.7 Å². The van der Waals surface area contributed by atoms with Crippen LogP contribution in [-0.2, 0) is 13.6 Å². The maximum atomic E-state index is 13.2. The molecule has 0 aliphatic carbocycles. The number of rotatable bonds is 5. The Morgan fingerprint density at radius 3 is 2.55 bits per heavy atom. The molecule has 22 heavy (non-hydrogen) atoms. The van der Waals surface area contributed by atoms with Crippen molar-refractivity contribution >= 4 is 11.3 Å². The van der Waals surface area contributed by atoms with Crippen molar-refractivity contribution in [2.24, 2.45) is 7.05 Å². The molecular weight excluding hydrogens is 297 g/mol. The molecule has 0 aliphatic rings. The van der Waals surface area contributed by atoms with Crippen LogP contribution in [0.15, 0.2) is 48.8 Å². The number of nitrogens with one attached hydrogen (secondary N) is 1. The zero-order chi connectivity index (χ0) is 15.5. The van der Waals surface area contributed by atoms with Crippen LogP contribution in [0.2, 0.25) is 0 Å². The Morgan fingerprint density at radius 1 is 1.18 bits per heavy atom. The molecule has 114 valence electrons. The molecule has 5 heteroatoms. The zero-order valence-electron chi connectivity index (χ0n) is 12.6. The second kappa shape index (κ2) is 6.42. The standard InChI is InChI=1S/C17H18FN3S/c1-12-3-8-16(22-12)10-19-17(14-9-20-21(2)11-14)13-4-6-15(18)7-5-13/h3-9,11,17,19H,10H2,1-2H3/t17-/m0/s1. The molecule has 0 spiro atoms. The summed E-state index contributed by atoms with van der Waals surface area (Å²) in [4.78, 5) is 2.59. The highest BCUT2D eigenvalue weighted by Gasteiger charge is 2.15. The molecule has 0 bridgehead atoms. The van der Waals surface area contributed by atoms with Crippen LogP contribution in [-0.4, -0.2) is 9.78 Å². The van der Waals surface area contributed by atoms with E-state index in [2.05, 4.69) is 29.5 Å². The van der Waals surface area contributed by atoms with E-state index in [1.807, 2.05) is 31.6 Å². The number of nitrogens with zero attached hydrogens (tertiary/aromatic N) is 2. The van der Waals surface area contributed by atoms with E-state index in [4.69, 9.17) is 0 Å². The average molecular weight is 315 g/mol. The summed E-state index contributed by atoms with van der Waals surface area (Å²) in [7, 11) is 1.90. The van der Waals surface area contributed by atoms with Crippen molar-refractivity contribution in [2.75, 3.05) is 0 Å². The Balaban J connectivity index is 1.84. The van der Waals surface area contributed by atoms with Crippen LogP contribution < -0.4 is 5.32 Å². The second-order valence-electron chi connectivity index (χ2n) is 5.33. The molecule has 3 rings (SSSR count). The van der Waals surface area contributed by atoms with Gasteiger partial charge in [0.1, 0.15) is 5.82 Å². The third kappa shape index (κ3) is 3.43. The highest BCUT2D eigenvalue weighted by molar-refractivity contribution is 7.11. The summed E-state index contributed by atoms with van der Waals surface area (Å²) in [6.45, 7) is 2.88. The molecule has 1 atom stereocenters. The van der Waals surface area contributed by atoms with E-state index in [1.54, 1.807) is 16.0 Å².